The standard InChI is InChI=1S/C13H13ClFNO3/c1-16(7-6-13(18)19)12(17)5-3-9-2-4-11(15)10(14)8-9/h2-5,8H,6-7H2,1H3,(H,18,19). The second-order valence-corrected chi connectivity index (χ2v) is 4.32. The first-order chi connectivity index (χ1) is 8.90. The summed E-state index contributed by atoms with van der Waals surface area (Å²) in [6.45, 7) is 0.128. The van der Waals surface area contributed by atoms with Crippen molar-refractivity contribution in [3.8, 4) is 0 Å². The largest absolute Gasteiger partial charge is 0.481 e. The number of carbonyl (C=O) groups is 2. The number of hydrogen-bond acceptors (Lipinski definition) is 2. The second kappa shape index (κ2) is 6.89. The van der Waals surface area contributed by atoms with Crippen molar-refractivity contribution in [1.29, 1.82) is 0 Å². The monoisotopic (exact) mass is 285 g/mol. The van der Waals surface area contributed by atoms with E-state index in [4.69, 9.17) is 16.7 Å². The molecule has 0 aliphatic rings. The highest BCUT2D eigenvalue weighted by Gasteiger charge is 2.07. The van der Waals surface area contributed by atoms with Crippen LogP contribution in [0.5, 0.6) is 0 Å². The van der Waals surface area contributed by atoms with E-state index in [-0.39, 0.29) is 23.9 Å². The minimum Gasteiger partial charge on any atom is -0.481 e. The van der Waals surface area contributed by atoms with Gasteiger partial charge in [-0.25, -0.2) is 4.39 Å². The molecule has 1 N–H and O–H groups in total. The van der Waals surface area contributed by atoms with E-state index in [2.05, 4.69) is 0 Å². The van der Waals surface area contributed by atoms with Gasteiger partial charge in [-0.3, -0.25) is 9.59 Å². The Hall–Kier alpha value is -1.88. The molecule has 19 heavy (non-hydrogen) atoms. The maximum atomic E-state index is 12.9. The van der Waals surface area contributed by atoms with Gasteiger partial charge in [0.25, 0.3) is 0 Å². The van der Waals surface area contributed by atoms with Crippen molar-refractivity contribution in [2.75, 3.05) is 13.6 Å². The van der Waals surface area contributed by atoms with Gasteiger partial charge in [-0.15, -0.1) is 0 Å². The summed E-state index contributed by atoms with van der Waals surface area (Å²) in [5.74, 6) is -1.82. The Kier molecular flexibility index (Phi) is 5.51. The summed E-state index contributed by atoms with van der Waals surface area (Å²) in [5, 5.41) is 8.48. The van der Waals surface area contributed by atoms with Crippen LogP contribution >= 0.6 is 11.6 Å². The molecule has 1 aromatic rings. The third-order valence-corrected chi connectivity index (χ3v) is 2.69. The molecule has 6 heteroatoms. The lowest BCUT2D eigenvalue weighted by Gasteiger charge is -2.13. The molecule has 0 aliphatic carbocycles. The third kappa shape index (κ3) is 5.09. The van der Waals surface area contributed by atoms with Crippen molar-refractivity contribution in [1.82, 2.24) is 4.90 Å². The van der Waals surface area contributed by atoms with Crippen LogP contribution in [-0.2, 0) is 9.59 Å². The Balaban J connectivity index is 2.62. The molecule has 0 unspecified atom stereocenters. The first kappa shape index (κ1) is 15.2. The molecule has 0 spiro atoms. The summed E-state index contributed by atoms with van der Waals surface area (Å²) >= 11 is 5.61. The van der Waals surface area contributed by atoms with Crippen LogP contribution in [0.15, 0.2) is 24.3 Å². The van der Waals surface area contributed by atoms with Gasteiger partial charge in [-0.2, -0.15) is 0 Å². The van der Waals surface area contributed by atoms with Crippen molar-refractivity contribution >= 4 is 29.6 Å². The highest BCUT2D eigenvalue weighted by molar-refractivity contribution is 6.30. The van der Waals surface area contributed by atoms with Crippen molar-refractivity contribution in [2.24, 2.45) is 0 Å². The molecule has 0 saturated heterocycles. The van der Waals surface area contributed by atoms with Crippen molar-refractivity contribution in [3.63, 3.8) is 0 Å². The molecule has 0 fully saturated rings. The van der Waals surface area contributed by atoms with Gasteiger partial charge in [-0.05, 0) is 23.8 Å². The number of likely N-dealkylation sites (N-methyl/N-ethyl adjacent to an activating group) is 1. The zero-order chi connectivity index (χ0) is 14.4. The summed E-state index contributed by atoms with van der Waals surface area (Å²) < 4.78 is 12.9. The Morgan fingerprint density at radius 1 is 1.47 bits per heavy atom. The van der Waals surface area contributed by atoms with Crippen LogP contribution < -0.4 is 0 Å². The van der Waals surface area contributed by atoms with Gasteiger partial charge in [0, 0.05) is 19.7 Å². The minimum atomic E-state index is -0.964. The van der Waals surface area contributed by atoms with E-state index in [0.29, 0.717) is 5.56 Å². The van der Waals surface area contributed by atoms with Gasteiger partial charge in [0.15, 0.2) is 0 Å². The van der Waals surface area contributed by atoms with Crippen LogP contribution in [0.3, 0.4) is 0 Å². The highest BCUT2D eigenvalue weighted by Crippen LogP contribution is 2.16. The lowest BCUT2D eigenvalue weighted by molar-refractivity contribution is -0.137. The first-order valence-corrected chi connectivity index (χ1v) is 5.88. The summed E-state index contributed by atoms with van der Waals surface area (Å²) in [6.07, 6.45) is 2.66. The number of carboxylic acids is 1. The maximum Gasteiger partial charge on any atom is 0.305 e. The van der Waals surface area contributed by atoms with Crippen LogP contribution in [0.4, 0.5) is 4.39 Å². The summed E-state index contributed by atoms with van der Waals surface area (Å²) in [6, 6.07) is 4.10. The second-order valence-electron chi connectivity index (χ2n) is 3.91. The van der Waals surface area contributed by atoms with E-state index >= 15 is 0 Å². The predicted octanol–water partition coefficient (Wildman–Crippen LogP) is 2.43. The molecule has 1 aromatic carbocycles. The van der Waals surface area contributed by atoms with E-state index in [0.717, 1.165) is 0 Å². The van der Waals surface area contributed by atoms with Crippen molar-refractivity contribution in [3.05, 3.63) is 40.7 Å². The Labute approximate surface area is 115 Å². The summed E-state index contributed by atoms with van der Waals surface area (Å²) in [7, 11) is 1.51. The van der Waals surface area contributed by atoms with E-state index in [1.807, 2.05) is 0 Å². The Morgan fingerprint density at radius 3 is 2.74 bits per heavy atom. The lowest BCUT2D eigenvalue weighted by Crippen LogP contribution is -2.27. The fraction of sp³-hybridized carbons (Fsp3) is 0.231. The van der Waals surface area contributed by atoms with Gasteiger partial charge in [0.2, 0.25) is 5.91 Å². The average molecular weight is 286 g/mol. The van der Waals surface area contributed by atoms with Crippen LogP contribution in [0.2, 0.25) is 5.02 Å². The SMILES string of the molecule is CN(CCC(=O)O)C(=O)C=Cc1ccc(F)c(Cl)c1. The molecule has 1 rings (SSSR count). The fourth-order valence-electron chi connectivity index (χ4n) is 1.28. The van der Waals surface area contributed by atoms with E-state index < -0.39 is 11.8 Å². The summed E-state index contributed by atoms with van der Waals surface area (Å²) in [5.41, 5.74) is 0.589. The van der Waals surface area contributed by atoms with Gasteiger partial charge < -0.3 is 10.0 Å². The molecule has 102 valence electrons. The smallest absolute Gasteiger partial charge is 0.305 e. The molecule has 0 radical (unpaired) electrons. The van der Waals surface area contributed by atoms with E-state index in [1.54, 1.807) is 0 Å². The number of rotatable bonds is 5. The third-order valence-electron chi connectivity index (χ3n) is 2.40. The summed E-state index contributed by atoms with van der Waals surface area (Å²) in [4.78, 5) is 23.3. The molecule has 0 aromatic heterocycles. The van der Waals surface area contributed by atoms with Gasteiger partial charge >= 0.3 is 5.97 Å². The fourth-order valence-corrected chi connectivity index (χ4v) is 1.47. The molecule has 0 saturated carbocycles. The van der Waals surface area contributed by atoms with Gasteiger partial charge in [0.05, 0.1) is 11.4 Å². The number of aliphatic carboxylic acids is 1. The highest BCUT2D eigenvalue weighted by atomic mass is 35.5. The normalized spacial score (nSPS) is 10.7. The molecule has 4 nitrogen and oxygen atoms in total. The minimum absolute atomic E-state index is 0.0196. The number of carboxylic acid groups (broad SMARTS) is 1. The zero-order valence-electron chi connectivity index (χ0n) is 10.3. The zero-order valence-corrected chi connectivity index (χ0v) is 11.0. The lowest BCUT2D eigenvalue weighted by atomic mass is 10.2. The average Bonchev–Trinajstić information content (AvgIpc) is 2.36. The van der Waals surface area contributed by atoms with Crippen LogP contribution in [0, 0.1) is 5.82 Å². The quantitative estimate of drug-likeness (QED) is 0.845. The van der Waals surface area contributed by atoms with Crippen LogP contribution in [0.1, 0.15) is 12.0 Å². The van der Waals surface area contributed by atoms with Crippen LogP contribution in [0.25, 0.3) is 6.08 Å². The molecule has 0 bridgehead atoms. The molecular formula is C13H13ClFNO3. The van der Waals surface area contributed by atoms with Crippen LogP contribution in [-0.4, -0.2) is 35.5 Å². The Bertz CT molecular complexity index is 517. The number of halogens is 2. The molecular weight excluding hydrogens is 273 g/mol. The maximum absolute atomic E-state index is 12.9. The number of carbonyl (C=O) groups excluding carboxylic acids is 1. The topological polar surface area (TPSA) is 57.6 Å². The van der Waals surface area contributed by atoms with E-state index in [9.17, 15) is 14.0 Å². The number of amides is 1. The number of benzene rings is 1. The van der Waals surface area contributed by atoms with Crippen molar-refractivity contribution in [2.45, 2.75) is 6.42 Å². The Morgan fingerprint density at radius 2 is 2.16 bits per heavy atom. The number of hydrogen-bond donors (Lipinski definition) is 1. The first-order valence-electron chi connectivity index (χ1n) is 5.50. The molecule has 0 atom stereocenters. The predicted molar refractivity (Wildman–Crippen MR) is 70.3 cm³/mol. The number of nitrogens with zero attached hydrogens (tertiary/aromatic N) is 1. The molecule has 0 heterocycles. The molecule has 0 aliphatic heterocycles. The van der Waals surface area contributed by atoms with Gasteiger partial charge in [-0.1, -0.05) is 17.7 Å². The van der Waals surface area contributed by atoms with Crippen molar-refractivity contribution < 1.29 is 19.1 Å². The van der Waals surface area contributed by atoms with Gasteiger partial charge in [0.1, 0.15) is 5.82 Å². The molecule has 1 amide bonds. The van der Waals surface area contributed by atoms with E-state index in [1.165, 1.54) is 42.3 Å².